The third kappa shape index (κ3) is 4.50. The van der Waals surface area contributed by atoms with Crippen molar-refractivity contribution in [3.05, 3.63) is 45.2 Å². The molecule has 1 atom stereocenters. The van der Waals surface area contributed by atoms with Crippen molar-refractivity contribution in [2.45, 2.75) is 19.3 Å². The van der Waals surface area contributed by atoms with Crippen molar-refractivity contribution in [3.63, 3.8) is 0 Å². The van der Waals surface area contributed by atoms with Gasteiger partial charge in [-0.25, -0.2) is 9.97 Å². The van der Waals surface area contributed by atoms with E-state index in [-0.39, 0.29) is 11.8 Å². The average molecular weight is 414 g/mol. The van der Waals surface area contributed by atoms with E-state index in [1.165, 1.54) is 6.20 Å². The van der Waals surface area contributed by atoms with Gasteiger partial charge in [-0.15, -0.1) is 0 Å². The van der Waals surface area contributed by atoms with Gasteiger partial charge < -0.3 is 11.1 Å². The first-order valence-electron chi connectivity index (χ1n) is 6.29. The van der Waals surface area contributed by atoms with Crippen LogP contribution in [0.15, 0.2) is 39.7 Å². The van der Waals surface area contributed by atoms with Gasteiger partial charge >= 0.3 is 0 Å². The molecule has 3 N–H and O–H groups in total. The quantitative estimate of drug-likeness (QED) is 0.748. The zero-order valence-electron chi connectivity index (χ0n) is 11.3. The molecule has 0 spiro atoms. The normalized spacial score (nSPS) is 12.0. The number of aromatic nitrogens is 2. The van der Waals surface area contributed by atoms with E-state index in [9.17, 15) is 4.79 Å². The summed E-state index contributed by atoms with van der Waals surface area (Å²) in [6.45, 7) is 1.99. The first kappa shape index (κ1) is 15.9. The van der Waals surface area contributed by atoms with Gasteiger partial charge in [-0.1, -0.05) is 19.1 Å². The largest absolute Gasteiger partial charge is 0.399 e. The number of nitrogens with zero attached hydrogens (tertiary/aromatic N) is 2. The van der Waals surface area contributed by atoms with Gasteiger partial charge in [-0.3, -0.25) is 4.79 Å². The Morgan fingerprint density at radius 2 is 2.00 bits per heavy atom. The molecule has 0 saturated carbocycles. The summed E-state index contributed by atoms with van der Waals surface area (Å²) < 4.78 is 1.09. The monoisotopic (exact) mass is 412 g/mol. The standard InChI is InChI=1S/C14H14Br2N4O/c1-8(9-2-4-10(17)5-3-9)6-12(21)20-14-13(16)19-11(15)7-18-14/h2-5,7-8H,6,17H2,1H3,(H,18,20,21). The Labute approximate surface area is 139 Å². The number of hydrogen-bond donors (Lipinski definition) is 2. The lowest BCUT2D eigenvalue weighted by Gasteiger charge is -2.12. The minimum absolute atomic E-state index is 0.0905. The first-order chi connectivity index (χ1) is 9.95. The molecule has 21 heavy (non-hydrogen) atoms. The number of hydrogen-bond acceptors (Lipinski definition) is 4. The molecule has 7 heteroatoms. The van der Waals surface area contributed by atoms with Gasteiger partial charge in [0.1, 0.15) is 9.21 Å². The number of benzene rings is 1. The topological polar surface area (TPSA) is 80.9 Å². The fraction of sp³-hybridized carbons (Fsp3) is 0.214. The maximum Gasteiger partial charge on any atom is 0.226 e. The number of halogens is 2. The Morgan fingerprint density at radius 3 is 2.62 bits per heavy atom. The average Bonchev–Trinajstić information content (AvgIpc) is 2.42. The van der Waals surface area contributed by atoms with Gasteiger partial charge in [0, 0.05) is 12.1 Å². The van der Waals surface area contributed by atoms with Gasteiger partial charge in [0.05, 0.1) is 6.20 Å². The molecule has 1 aromatic carbocycles. The van der Waals surface area contributed by atoms with Crippen molar-refractivity contribution < 1.29 is 4.79 Å². The second-order valence-corrected chi connectivity index (χ2v) is 6.22. The predicted octanol–water partition coefficient (Wildman–Crippen LogP) is 3.72. The number of anilines is 2. The van der Waals surface area contributed by atoms with E-state index < -0.39 is 0 Å². The maximum atomic E-state index is 12.1. The van der Waals surface area contributed by atoms with Crippen LogP contribution < -0.4 is 11.1 Å². The summed E-state index contributed by atoms with van der Waals surface area (Å²) in [4.78, 5) is 20.3. The molecule has 0 fully saturated rings. The first-order valence-corrected chi connectivity index (χ1v) is 7.87. The second kappa shape index (κ2) is 7.00. The van der Waals surface area contributed by atoms with Crippen molar-refractivity contribution in [1.82, 2.24) is 9.97 Å². The lowest BCUT2D eigenvalue weighted by molar-refractivity contribution is -0.116. The van der Waals surface area contributed by atoms with Crippen LogP contribution in [0, 0.1) is 0 Å². The molecule has 0 saturated heterocycles. The third-order valence-electron chi connectivity index (χ3n) is 2.96. The molecule has 1 amide bonds. The molecule has 1 unspecified atom stereocenters. The Balaban J connectivity index is 1.99. The van der Waals surface area contributed by atoms with Gasteiger partial charge in [0.25, 0.3) is 0 Å². The SMILES string of the molecule is CC(CC(=O)Nc1ncc(Br)nc1Br)c1ccc(N)cc1. The minimum atomic E-state index is -0.114. The summed E-state index contributed by atoms with van der Waals surface area (Å²) in [6, 6.07) is 7.53. The van der Waals surface area contributed by atoms with Crippen LogP contribution in [0.4, 0.5) is 11.5 Å². The van der Waals surface area contributed by atoms with E-state index >= 15 is 0 Å². The number of amides is 1. The van der Waals surface area contributed by atoms with Crippen molar-refractivity contribution in [1.29, 1.82) is 0 Å². The minimum Gasteiger partial charge on any atom is -0.399 e. The van der Waals surface area contributed by atoms with Gasteiger partial charge in [0.2, 0.25) is 5.91 Å². The zero-order chi connectivity index (χ0) is 15.4. The van der Waals surface area contributed by atoms with E-state index in [1.807, 2.05) is 31.2 Å². The molecule has 5 nitrogen and oxygen atoms in total. The van der Waals surface area contributed by atoms with Crippen LogP contribution in [-0.2, 0) is 4.79 Å². The van der Waals surface area contributed by atoms with Gasteiger partial charge in [-0.05, 0) is 55.5 Å². The molecule has 110 valence electrons. The molecule has 0 aliphatic carbocycles. The number of nitrogen functional groups attached to an aromatic ring is 1. The van der Waals surface area contributed by atoms with E-state index in [0.717, 1.165) is 5.56 Å². The van der Waals surface area contributed by atoms with Crippen LogP contribution in [0.25, 0.3) is 0 Å². The highest BCUT2D eigenvalue weighted by atomic mass is 79.9. The Morgan fingerprint density at radius 1 is 1.33 bits per heavy atom. The van der Waals surface area contributed by atoms with Crippen molar-refractivity contribution in [2.75, 3.05) is 11.1 Å². The highest BCUT2D eigenvalue weighted by Crippen LogP contribution is 2.23. The van der Waals surface area contributed by atoms with Crippen LogP contribution in [0.1, 0.15) is 24.8 Å². The molecule has 2 rings (SSSR count). The van der Waals surface area contributed by atoms with E-state index in [2.05, 4.69) is 47.1 Å². The van der Waals surface area contributed by atoms with Crippen molar-refractivity contribution in [2.24, 2.45) is 0 Å². The van der Waals surface area contributed by atoms with Crippen LogP contribution in [0.2, 0.25) is 0 Å². The smallest absolute Gasteiger partial charge is 0.226 e. The van der Waals surface area contributed by atoms with Crippen molar-refractivity contribution in [3.8, 4) is 0 Å². The molecular weight excluding hydrogens is 400 g/mol. The van der Waals surface area contributed by atoms with E-state index in [1.54, 1.807) is 0 Å². The maximum absolute atomic E-state index is 12.1. The zero-order valence-corrected chi connectivity index (χ0v) is 14.5. The number of nitrogens with one attached hydrogen (secondary N) is 1. The Hall–Kier alpha value is -1.47. The lowest BCUT2D eigenvalue weighted by atomic mass is 9.97. The molecule has 0 aliphatic heterocycles. The Kier molecular flexibility index (Phi) is 5.30. The number of carbonyl (C=O) groups is 1. The Bertz CT molecular complexity index is 646. The van der Waals surface area contributed by atoms with Crippen LogP contribution in [0.3, 0.4) is 0 Å². The van der Waals surface area contributed by atoms with Gasteiger partial charge in [0.15, 0.2) is 5.82 Å². The highest BCUT2D eigenvalue weighted by molar-refractivity contribution is 9.11. The second-order valence-electron chi connectivity index (χ2n) is 4.65. The molecule has 1 heterocycles. The number of nitrogens with two attached hydrogens (primary N) is 1. The summed E-state index contributed by atoms with van der Waals surface area (Å²) in [5.41, 5.74) is 7.44. The van der Waals surface area contributed by atoms with E-state index in [0.29, 0.717) is 27.1 Å². The number of rotatable bonds is 4. The lowest BCUT2D eigenvalue weighted by Crippen LogP contribution is -2.16. The third-order valence-corrected chi connectivity index (χ3v) is 3.89. The van der Waals surface area contributed by atoms with Crippen LogP contribution >= 0.6 is 31.9 Å². The molecule has 2 aromatic rings. The van der Waals surface area contributed by atoms with Crippen LogP contribution in [0.5, 0.6) is 0 Å². The summed E-state index contributed by atoms with van der Waals surface area (Å²) in [7, 11) is 0. The fourth-order valence-corrected chi connectivity index (χ4v) is 2.74. The summed E-state index contributed by atoms with van der Waals surface area (Å²) in [5, 5.41) is 2.74. The summed E-state index contributed by atoms with van der Waals surface area (Å²) in [6.07, 6.45) is 1.89. The van der Waals surface area contributed by atoms with Crippen LogP contribution in [-0.4, -0.2) is 15.9 Å². The molecule has 1 aromatic heterocycles. The molecular formula is C14H14Br2N4O. The highest BCUT2D eigenvalue weighted by Gasteiger charge is 2.13. The number of carbonyl (C=O) groups excluding carboxylic acids is 1. The molecule has 0 aliphatic rings. The molecule has 0 bridgehead atoms. The van der Waals surface area contributed by atoms with Crippen molar-refractivity contribution >= 4 is 49.3 Å². The summed E-state index contributed by atoms with van der Waals surface area (Å²) >= 11 is 6.48. The fourth-order valence-electron chi connectivity index (χ4n) is 1.83. The summed E-state index contributed by atoms with van der Waals surface area (Å²) in [5.74, 6) is 0.386. The predicted molar refractivity (Wildman–Crippen MR) is 89.9 cm³/mol. The molecule has 0 radical (unpaired) electrons. The van der Waals surface area contributed by atoms with E-state index in [4.69, 9.17) is 5.73 Å². The van der Waals surface area contributed by atoms with Gasteiger partial charge in [-0.2, -0.15) is 0 Å².